The van der Waals surface area contributed by atoms with E-state index in [4.69, 9.17) is 18.9 Å². The Labute approximate surface area is 187 Å². The Kier molecular flexibility index (Phi) is 9.07. The summed E-state index contributed by atoms with van der Waals surface area (Å²) < 4.78 is 20.8. The van der Waals surface area contributed by atoms with Gasteiger partial charge in [0.25, 0.3) is 0 Å². The van der Waals surface area contributed by atoms with Crippen LogP contribution in [0.15, 0.2) is 54.6 Å². The first-order valence-electron chi connectivity index (χ1n) is 10.1. The normalized spacial score (nSPS) is 11.8. The molecule has 172 valence electrons. The van der Waals surface area contributed by atoms with Crippen molar-refractivity contribution in [2.75, 3.05) is 7.11 Å². The van der Waals surface area contributed by atoms with E-state index in [1.54, 1.807) is 52.1 Å². The van der Waals surface area contributed by atoms with E-state index >= 15 is 0 Å². The van der Waals surface area contributed by atoms with Crippen molar-refractivity contribution in [2.24, 2.45) is 0 Å². The highest BCUT2D eigenvalue weighted by atomic mass is 16.6. The molecule has 2 rings (SSSR count). The predicted molar refractivity (Wildman–Crippen MR) is 117 cm³/mol. The molecule has 1 amide bonds. The zero-order valence-electron chi connectivity index (χ0n) is 18.8. The van der Waals surface area contributed by atoms with Crippen molar-refractivity contribution in [1.29, 1.82) is 0 Å². The fraction of sp³-hybridized carbons (Fsp3) is 0.375. The number of amides is 1. The topological polar surface area (TPSA) is 100 Å². The molecular weight excluding hydrogens is 414 g/mol. The molecular formula is C24H29NO7. The Morgan fingerprint density at radius 3 is 2.06 bits per heavy atom. The van der Waals surface area contributed by atoms with Gasteiger partial charge < -0.3 is 24.3 Å². The average molecular weight is 443 g/mol. The second kappa shape index (κ2) is 11.7. The van der Waals surface area contributed by atoms with Crippen LogP contribution in [0.1, 0.15) is 38.3 Å². The molecule has 8 heteroatoms. The number of esters is 2. The van der Waals surface area contributed by atoms with Gasteiger partial charge in [-0.25, -0.2) is 9.59 Å². The SMILES string of the molecule is COc1ccc(COC(=O)[C@H](CC(=O)OCc2ccccc2)NC(=O)OC(C)(C)C)cc1. The van der Waals surface area contributed by atoms with Crippen LogP contribution in [0, 0.1) is 0 Å². The first-order valence-corrected chi connectivity index (χ1v) is 10.1. The van der Waals surface area contributed by atoms with Gasteiger partial charge >= 0.3 is 18.0 Å². The summed E-state index contributed by atoms with van der Waals surface area (Å²) in [6.07, 6.45) is -1.23. The van der Waals surface area contributed by atoms with E-state index in [0.717, 1.165) is 11.1 Å². The molecule has 0 aliphatic carbocycles. The Balaban J connectivity index is 1.98. The number of methoxy groups -OCH3 is 1. The summed E-state index contributed by atoms with van der Waals surface area (Å²) in [7, 11) is 1.55. The first kappa shape index (κ1) is 24.7. The van der Waals surface area contributed by atoms with Crippen LogP contribution in [0.25, 0.3) is 0 Å². The maximum Gasteiger partial charge on any atom is 0.408 e. The van der Waals surface area contributed by atoms with Gasteiger partial charge in [0.1, 0.15) is 30.6 Å². The molecule has 0 saturated heterocycles. The van der Waals surface area contributed by atoms with E-state index in [1.165, 1.54) is 0 Å². The van der Waals surface area contributed by atoms with Gasteiger partial charge in [-0.3, -0.25) is 4.79 Å². The predicted octanol–water partition coefficient (Wildman–Crippen LogP) is 3.77. The highest BCUT2D eigenvalue weighted by Crippen LogP contribution is 2.13. The zero-order chi connectivity index (χ0) is 23.6. The highest BCUT2D eigenvalue weighted by molar-refractivity contribution is 5.86. The third-order valence-corrected chi connectivity index (χ3v) is 4.13. The number of benzene rings is 2. The van der Waals surface area contributed by atoms with Crippen molar-refractivity contribution in [3.63, 3.8) is 0 Å². The zero-order valence-corrected chi connectivity index (χ0v) is 18.8. The van der Waals surface area contributed by atoms with E-state index < -0.39 is 36.1 Å². The van der Waals surface area contributed by atoms with Crippen LogP contribution in [0.5, 0.6) is 5.75 Å². The van der Waals surface area contributed by atoms with Crippen molar-refractivity contribution >= 4 is 18.0 Å². The van der Waals surface area contributed by atoms with Crippen LogP contribution < -0.4 is 10.1 Å². The number of carbonyl (C=O) groups excluding carboxylic acids is 3. The number of carbonyl (C=O) groups is 3. The maximum atomic E-state index is 12.6. The van der Waals surface area contributed by atoms with Crippen LogP contribution in [0.2, 0.25) is 0 Å². The summed E-state index contributed by atoms with van der Waals surface area (Å²) >= 11 is 0. The number of nitrogens with one attached hydrogen (secondary N) is 1. The van der Waals surface area contributed by atoms with Gasteiger partial charge in [0.2, 0.25) is 0 Å². The molecule has 0 unspecified atom stereocenters. The fourth-order valence-electron chi connectivity index (χ4n) is 2.58. The van der Waals surface area contributed by atoms with Gasteiger partial charge in [-0.15, -0.1) is 0 Å². The minimum absolute atomic E-state index is 0.0333. The second-order valence-electron chi connectivity index (χ2n) is 8.01. The van der Waals surface area contributed by atoms with E-state index in [0.29, 0.717) is 5.75 Å². The molecule has 8 nitrogen and oxygen atoms in total. The molecule has 0 heterocycles. The van der Waals surface area contributed by atoms with Crippen molar-refractivity contribution in [2.45, 2.75) is 52.0 Å². The van der Waals surface area contributed by atoms with Crippen LogP contribution in [-0.4, -0.2) is 36.8 Å². The molecule has 0 aliphatic rings. The molecule has 0 saturated carbocycles. The largest absolute Gasteiger partial charge is 0.497 e. The molecule has 0 spiro atoms. The molecule has 0 bridgehead atoms. The van der Waals surface area contributed by atoms with E-state index in [9.17, 15) is 14.4 Å². The van der Waals surface area contributed by atoms with Crippen LogP contribution >= 0.6 is 0 Å². The number of hydrogen-bond acceptors (Lipinski definition) is 7. The van der Waals surface area contributed by atoms with E-state index in [-0.39, 0.29) is 13.2 Å². The quantitative estimate of drug-likeness (QED) is 0.465. The lowest BCUT2D eigenvalue weighted by Crippen LogP contribution is -2.45. The van der Waals surface area contributed by atoms with Gasteiger partial charge in [0.05, 0.1) is 13.5 Å². The van der Waals surface area contributed by atoms with Crippen molar-refractivity contribution in [3.8, 4) is 5.75 Å². The van der Waals surface area contributed by atoms with Crippen molar-refractivity contribution < 1.29 is 33.3 Å². The molecule has 0 radical (unpaired) electrons. The van der Waals surface area contributed by atoms with Crippen molar-refractivity contribution in [3.05, 3.63) is 65.7 Å². The third kappa shape index (κ3) is 9.07. The Hall–Kier alpha value is -3.55. The fourth-order valence-corrected chi connectivity index (χ4v) is 2.58. The number of alkyl carbamates (subject to hydrolysis) is 1. The average Bonchev–Trinajstić information content (AvgIpc) is 2.75. The van der Waals surface area contributed by atoms with E-state index in [1.807, 2.05) is 30.3 Å². The lowest BCUT2D eigenvalue weighted by atomic mass is 10.2. The lowest BCUT2D eigenvalue weighted by Gasteiger charge is -2.22. The Morgan fingerprint density at radius 1 is 0.875 bits per heavy atom. The van der Waals surface area contributed by atoms with Crippen LogP contribution in [0.4, 0.5) is 4.79 Å². The number of rotatable bonds is 9. The standard InChI is InChI=1S/C24H29NO7/c1-24(2,3)32-23(28)25-20(14-21(26)30-15-17-8-6-5-7-9-17)22(27)31-16-18-10-12-19(29-4)13-11-18/h5-13,20H,14-16H2,1-4H3,(H,25,28)/t20-/m0/s1. The first-order chi connectivity index (χ1) is 15.2. The van der Waals surface area contributed by atoms with E-state index in [2.05, 4.69) is 5.32 Å². The molecule has 1 atom stereocenters. The Morgan fingerprint density at radius 2 is 1.47 bits per heavy atom. The molecule has 2 aromatic rings. The van der Waals surface area contributed by atoms with Gasteiger partial charge in [-0.05, 0) is 44.0 Å². The summed E-state index contributed by atoms with van der Waals surface area (Å²) in [4.78, 5) is 37.1. The second-order valence-corrected chi connectivity index (χ2v) is 8.01. The number of hydrogen-bond donors (Lipinski definition) is 1. The molecule has 0 aliphatic heterocycles. The number of ether oxygens (including phenoxy) is 4. The summed E-state index contributed by atoms with van der Waals surface area (Å²) in [5.74, 6) is -0.759. The molecule has 1 N–H and O–H groups in total. The molecule has 0 fully saturated rings. The lowest BCUT2D eigenvalue weighted by molar-refractivity contribution is -0.154. The molecule has 0 aromatic heterocycles. The van der Waals surface area contributed by atoms with Crippen LogP contribution in [0.3, 0.4) is 0 Å². The minimum Gasteiger partial charge on any atom is -0.497 e. The Bertz CT molecular complexity index is 889. The summed E-state index contributed by atoms with van der Waals surface area (Å²) in [6.45, 7) is 5.10. The van der Waals surface area contributed by atoms with Crippen LogP contribution in [-0.2, 0) is 37.0 Å². The smallest absolute Gasteiger partial charge is 0.408 e. The molecule has 32 heavy (non-hydrogen) atoms. The highest BCUT2D eigenvalue weighted by Gasteiger charge is 2.28. The monoisotopic (exact) mass is 443 g/mol. The minimum atomic E-state index is -1.26. The van der Waals surface area contributed by atoms with Gasteiger partial charge in [0, 0.05) is 0 Å². The van der Waals surface area contributed by atoms with Crippen molar-refractivity contribution in [1.82, 2.24) is 5.32 Å². The summed E-state index contributed by atoms with van der Waals surface area (Å²) in [5.41, 5.74) is 0.761. The summed E-state index contributed by atoms with van der Waals surface area (Å²) in [5, 5.41) is 2.40. The molecule has 2 aromatic carbocycles. The van der Waals surface area contributed by atoms with Gasteiger partial charge in [-0.1, -0.05) is 42.5 Å². The summed E-state index contributed by atoms with van der Waals surface area (Å²) in [6, 6.07) is 14.8. The third-order valence-electron chi connectivity index (χ3n) is 4.13. The van der Waals surface area contributed by atoms with Gasteiger partial charge in [-0.2, -0.15) is 0 Å². The van der Waals surface area contributed by atoms with Gasteiger partial charge in [0.15, 0.2) is 0 Å². The maximum absolute atomic E-state index is 12.6.